The lowest BCUT2D eigenvalue weighted by atomic mass is 9.75. The van der Waals surface area contributed by atoms with Crippen LogP contribution in [-0.4, -0.2) is 58.6 Å². The fraction of sp³-hybridized carbons (Fsp3) is 0.955. The van der Waals surface area contributed by atoms with Gasteiger partial charge < -0.3 is 18.9 Å². The molecule has 0 aromatic heterocycles. The first-order chi connectivity index (χ1) is 13.3. The summed E-state index contributed by atoms with van der Waals surface area (Å²) >= 11 is 0. The summed E-state index contributed by atoms with van der Waals surface area (Å²) in [7, 11) is 0. The van der Waals surface area contributed by atoms with Crippen LogP contribution < -0.4 is 0 Å². The lowest BCUT2D eigenvalue weighted by Gasteiger charge is -2.36. The zero-order chi connectivity index (χ0) is 18.8. The predicted octanol–water partition coefficient (Wildman–Crippen LogP) is 3.78. The summed E-state index contributed by atoms with van der Waals surface area (Å²) in [5.41, 5.74) is 0.0409. The number of ether oxygens (including phenoxy) is 4. The standard InChI is InChI=1S/C22H38O5/c23-21-1-9-22(10-2-21,17-26-15-7-19-3-11-24-12-4-19)18-27-16-8-20-5-13-25-14-6-20/h19-20H,1-18H2. The van der Waals surface area contributed by atoms with Crippen molar-refractivity contribution >= 4 is 5.78 Å². The highest BCUT2D eigenvalue weighted by Crippen LogP contribution is 2.36. The Labute approximate surface area is 164 Å². The Bertz CT molecular complexity index is 388. The van der Waals surface area contributed by atoms with Gasteiger partial charge >= 0.3 is 0 Å². The number of carbonyl (C=O) groups is 1. The lowest BCUT2D eigenvalue weighted by Crippen LogP contribution is -2.37. The minimum absolute atomic E-state index is 0.0409. The van der Waals surface area contributed by atoms with Crippen LogP contribution in [0.1, 0.15) is 64.2 Å². The van der Waals surface area contributed by atoms with E-state index in [0.717, 1.165) is 90.4 Å². The van der Waals surface area contributed by atoms with Gasteiger partial charge in [0.15, 0.2) is 0 Å². The van der Waals surface area contributed by atoms with Gasteiger partial charge in [0, 0.05) is 57.9 Å². The number of hydrogen-bond acceptors (Lipinski definition) is 5. The van der Waals surface area contributed by atoms with Crippen LogP contribution in [0.2, 0.25) is 0 Å². The average molecular weight is 383 g/mol. The van der Waals surface area contributed by atoms with Crippen LogP contribution in [-0.2, 0) is 23.7 Å². The number of Topliss-reactive ketones (excluding diaryl/α,β-unsaturated/α-hetero) is 1. The first-order valence-electron chi connectivity index (χ1n) is 11.1. The topological polar surface area (TPSA) is 54.0 Å². The fourth-order valence-corrected chi connectivity index (χ4v) is 4.54. The molecule has 2 heterocycles. The Morgan fingerprint density at radius 2 is 1.22 bits per heavy atom. The highest BCUT2D eigenvalue weighted by atomic mass is 16.5. The van der Waals surface area contributed by atoms with Crippen molar-refractivity contribution in [3.8, 4) is 0 Å². The zero-order valence-corrected chi connectivity index (χ0v) is 16.9. The van der Waals surface area contributed by atoms with Gasteiger partial charge in [-0.2, -0.15) is 0 Å². The molecule has 3 aliphatic rings. The molecule has 0 aromatic carbocycles. The molecule has 1 saturated carbocycles. The monoisotopic (exact) mass is 382 g/mol. The summed E-state index contributed by atoms with van der Waals surface area (Å²) < 4.78 is 23.1. The van der Waals surface area contributed by atoms with E-state index in [1.807, 2.05) is 0 Å². The van der Waals surface area contributed by atoms with Gasteiger partial charge in [0.05, 0.1) is 13.2 Å². The Hall–Kier alpha value is -0.490. The summed E-state index contributed by atoms with van der Waals surface area (Å²) in [6, 6.07) is 0. The summed E-state index contributed by atoms with van der Waals surface area (Å²) in [5, 5.41) is 0. The molecule has 2 aliphatic heterocycles. The van der Waals surface area contributed by atoms with Gasteiger partial charge in [-0.15, -0.1) is 0 Å². The summed E-state index contributed by atoms with van der Waals surface area (Å²) in [6.45, 7) is 6.72. The van der Waals surface area contributed by atoms with Crippen LogP contribution in [0.4, 0.5) is 0 Å². The molecule has 3 fully saturated rings. The van der Waals surface area contributed by atoms with Crippen molar-refractivity contribution in [1.82, 2.24) is 0 Å². The van der Waals surface area contributed by atoms with Crippen LogP contribution in [0, 0.1) is 17.3 Å². The van der Waals surface area contributed by atoms with Gasteiger partial charge in [0.2, 0.25) is 0 Å². The molecule has 0 unspecified atom stereocenters. The molecule has 0 bridgehead atoms. The molecule has 0 aromatic rings. The number of ketones is 1. The van der Waals surface area contributed by atoms with Gasteiger partial charge in [-0.05, 0) is 63.2 Å². The third-order valence-electron chi connectivity index (χ3n) is 6.71. The minimum atomic E-state index is 0.0409. The van der Waals surface area contributed by atoms with E-state index in [4.69, 9.17) is 18.9 Å². The van der Waals surface area contributed by atoms with E-state index in [2.05, 4.69) is 0 Å². The van der Waals surface area contributed by atoms with Crippen LogP contribution in [0.25, 0.3) is 0 Å². The van der Waals surface area contributed by atoms with E-state index >= 15 is 0 Å². The summed E-state index contributed by atoms with van der Waals surface area (Å²) in [6.07, 6.45) is 10.1. The minimum Gasteiger partial charge on any atom is -0.381 e. The van der Waals surface area contributed by atoms with Gasteiger partial charge in [0.25, 0.3) is 0 Å². The Balaban J connectivity index is 1.35. The molecular formula is C22H38O5. The first kappa shape index (κ1) is 21.2. The van der Waals surface area contributed by atoms with Crippen molar-refractivity contribution in [3.05, 3.63) is 0 Å². The normalized spacial score (nSPS) is 25.0. The zero-order valence-electron chi connectivity index (χ0n) is 16.9. The second-order valence-corrected chi connectivity index (χ2v) is 8.83. The second kappa shape index (κ2) is 11.5. The molecule has 5 heteroatoms. The Morgan fingerprint density at radius 3 is 1.67 bits per heavy atom. The number of carbonyl (C=O) groups excluding carboxylic acids is 1. The molecule has 3 rings (SSSR count). The number of rotatable bonds is 10. The van der Waals surface area contributed by atoms with Crippen molar-refractivity contribution in [2.75, 3.05) is 52.9 Å². The molecule has 0 amide bonds. The summed E-state index contributed by atoms with van der Waals surface area (Å²) in [5.74, 6) is 1.90. The number of hydrogen-bond donors (Lipinski definition) is 0. The van der Waals surface area contributed by atoms with Crippen molar-refractivity contribution in [1.29, 1.82) is 0 Å². The van der Waals surface area contributed by atoms with Crippen molar-refractivity contribution < 1.29 is 23.7 Å². The molecular weight excluding hydrogens is 344 g/mol. The second-order valence-electron chi connectivity index (χ2n) is 8.83. The van der Waals surface area contributed by atoms with Crippen LogP contribution in [0.15, 0.2) is 0 Å². The largest absolute Gasteiger partial charge is 0.381 e. The molecule has 0 atom stereocenters. The molecule has 27 heavy (non-hydrogen) atoms. The van der Waals surface area contributed by atoms with E-state index in [9.17, 15) is 4.79 Å². The SMILES string of the molecule is O=C1CCC(COCCC2CCOCC2)(COCCC2CCOCC2)CC1. The van der Waals surface area contributed by atoms with Crippen molar-refractivity contribution in [2.24, 2.45) is 17.3 Å². The van der Waals surface area contributed by atoms with E-state index in [0.29, 0.717) is 18.6 Å². The highest BCUT2D eigenvalue weighted by Gasteiger charge is 2.35. The van der Waals surface area contributed by atoms with Crippen molar-refractivity contribution in [3.63, 3.8) is 0 Å². The van der Waals surface area contributed by atoms with E-state index in [-0.39, 0.29) is 5.41 Å². The smallest absolute Gasteiger partial charge is 0.132 e. The molecule has 156 valence electrons. The van der Waals surface area contributed by atoms with Gasteiger partial charge in [-0.3, -0.25) is 4.79 Å². The molecule has 0 spiro atoms. The van der Waals surface area contributed by atoms with E-state index in [1.54, 1.807) is 0 Å². The molecule has 1 aliphatic carbocycles. The average Bonchev–Trinajstić information content (AvgIpc) is 2.72. The van der Waals surface area contributed by atoms with Gasteiger partial charge in [-0.25, -0.2) is 0 Å². The van der Waals surface area contributed by atoms with Gasteiger partial charge in [0.1, 0.15) is 5.78 Å². The van der Waals surface area contributed by atoms with E-state index < -0.39 is 0 Å². The Morgan fingerprint density at radius 1 is 0.778 bits per heavy atom. The highest BCUT2D eigenvalue weighted by molar-refractivity contribution is 5.79. The molecule has 2 saturated heterocycles. The van der Waals surface area contributed by atoms with Crippen LogP contribution >= 0.6 is 0 Å². The maximum atomic E-state index is 11.7. The molecule has 5 nitrogen and oxygen atoms in total. The maximum absolute atomic E-state index is 11.7. The molecule has 0 radical (unpaired) electrons. The fourth-order valence-electron chi connectivity index (χ4n) is 4.54. The third kappa shape index (κ3) is 7.45. The summed E-state index contributed by atoms with van der Waals surface area (Å²) in [4.78, 5) is 11.7. The maximum Gasteiger partial charge on any atom is 0.132 e. The quantitative estimate of drug-likeness (QED) is 0.538. The Kier molecular flexibility index (Phi) is 9.04. The lowest BCUT2D eigenvalue weighted by molar-refractivity contribution is -0.125. The van der Waals surface area contributed by atoms with E-state index in [1.165, 1.54) is 25.7 Å². The van der Waals surface area contributed by atoms with Crippen molar-refractivity contribution in [2.45, 2.75) is 64.2 Å². The van der Waals surface area contributed by atoms with Gasteiger partial charge in [-0.1, -0.05) is 0 Å². The first-order valence-corrected chi connectivity index (χ1v) is 11.1. The third-order valence-corrected chi connectivity index (χ3v) is 6.71. The predicted molar refractivity (Wildman–Crippen MR) is 104 cm³/mol. The molecule has 0 N–H and O–H groups in total. The van der Waals surface area contributed by atoms with Crippen LogP contribution in [0.3, 0.4) is 0 Å². The van der Waals surface area contributed by atoms with Crippen LogP contribution in [0.5, 0.6) is 0 Å².